The summed E-state index contributed by atoms with van der Waals surface area (Å²) in [6, 6.07) is 6.58. The molecule has 0 radical (unpaired) electrons. The van der Waals surface area contributed by atoms with Crippen molar-refractivity contribution in [3.8, 4) is 23.0 Å². The first-order chi connectivity index (χ1) is 12.1. The lowest BCUT2D eigenvalue weighted by molar-refractivity contribution is 0.400. The number of aryl methyl sites for hydroxylation is 1. The van der Waals surface area contributed by atoms with Gasteiger partial charge in [0.05, 0.1) is 0 Å². The maximum absolute atomic E-state index is 9.39. The molecule has 0 unspecified atom stereocenters. The summed E-state index contributed by atoms with van der Waals surface area (Å²) >= 11 is 0. The average Bonchev–Trinajstić information content (AvgIpc) is 2.58. The Hall–Kier alpha value is -2.36. The highest BCUT2D eigenvalue weighted by Crippen LogP contribution is 2.33. The van der Waals surface area contributed by atoms with E-state index in [4.69, 9.17) is 10.2 Å². The summed E-state index contributed by atoms with van der Waals surface area (Å²) in [6.07, 6.45) is 0. The van der Waals surface area contributed by atoms with E-state index in [2.05, 4.69) is 27.7 Å². The molecule has 0 aromatic heterocycles. The fourth-order valence-electron chi connectivity index (χ4n) is 2.65. The number of hydrogen-bond acceptors (Lipinski definition) is 4. The van der Waals surface area contributed by atoms with Crippen molar-refractivity contribution < 1.29 is 20.4 Å². The first-order valence-electron chi connectivity index (χ1n) is 9.10. The number of hydrogen-bond donors (Lipinski definition) is 4. The maximum Gasteiger partial charge on any atom is 0.160 e. The van der Waals surface area contributed by atoms with Crippen LogP contribution in [-0.4, -0.2) is 20.4 Å². The van der Waals surface area contributed by atoms with Crippen molar-refractivity contribution >= 4 is 0 Å². The monoisotopic (exact) mass is 362 g/mol. The maximum atomic E-state index is 9.39. The minimum atomic E-state index is -0.0445. The van der Waals surface area contributed by atoms with E-state index in [0.29, 0.717) is 11.8 Å². The van der Waals surface area contributed by atoms with Crippen LogP contribution in [0.5, 0.6) is 23.0 Å². The molecule has 2 rings (SSSR count). The van der Waals surface area contributed by atoms with E-state index in [-0.39, 0.29) is 23.0 Å². The van der Waals surface area contributed by atoms with Gasteiger partial charge >= 0.3 is 0 Å². The summed E-state index contributed by atoms with van der Waals surface area (Å²) < 4.78 is 0. The standard InChI is InChI=1S/2C10H14O2.C2H6/c1-6(2)8-5-10(12)9(11)4-7(8)3;1-6(2)8-4-5-9(11)10(12)7(8)3;1-2/h2*4-6,11-12H,1-3H3;1-2H3. The fraction of sp³-hybridized carbons (Fsp3) is 0.455. The lowest BCUT2D eigenvalue weighted by Gasteiger charge is -2.11. The Morgan fingerprint density at radius 2 is 1.12 bits per heavy atom. The third-order valence-electron chi connectivity index (χ3n) is 4.06. The largest absolute Gasteiger partial charge is 0.504 e. The van der Waals surface area contributed by atoms with E-state index >= 15 is 0 Å². The SMILES string of the molecule is CC.Cc1c(C(C)C)ccc(O)c1O.Cc1cc(O)c(O)cc1C(C)C. The lowest BCUT2D eigenvalue weighted by Crippen LogP contribution is -1.91. The zero-order valence-corrected chi connectivity index (χ0v) is 17.3. The van der Waals surface area contributed by atoms with E-state index in [1.54, 1.807) is 12.1 Å². The van der Waals surface area contributed by atoms with Gasteiger partial charge in [0, 0.05) is 0 Å². The van der Waals surface area contributed by atoms with Gasteiger partial charge in [-0.05, 0) is 66.1 Å². The van der Waals surface area contributed by atoms with Crippen LogP contribution in [0.3, 0.4) is 0 Å². The summed E-state index contributed by atoms with van der Waals surface area (Å²) in [4.78, 5) is 0. The second-order valence-electron chi connectivity index (χ2n) is 6.65. The molecular weight excluding hydrogens is 328 g/mol. The van der Waals surface area contributed by atoms with Gasteiger partial charge in [0.25, 0.3) is 0 Å². The molecule has 0 fully saturated rings. The summed E-state index contributed by atoms with van der Waals surface area (Å²) in [5.41, 5.74) is 3.93. The van der Waals surface area contributed by atoms with Crippen molar-refractivity contribution in [3.63, 3.8) is 0 Å². The first-order valence-corrected chi connectivity index (χ1v) is 9.10. The fourth-order valence-corrected chi connectivity index (χ4v) is 2.65. The number of phenolic OH excluding ortho intramolecular Hbond substituents is 4. The van der Waals surface area contributed by atoms with Crippen LogP contribution in [-0.2, 0) is 0 Å². The molecule has 0 amide bonds. The Kier molecular flexibility index (Phi) is 9.63. The number of phenols is 4. The van der Waals surface area contributed by atoms with Crippen molar-refractivity contribution in [3.05, 3.63) is 46.5 Å². The number of aromatic hydroxyl groups is 4. The van der Waals surface area contributed by atoms with E-state index < -0.39 is 0 Å². The van der Waals surface area contributed by atoms with Crippen molar-refractivity contribution in [2.24, 2.45) is 0 Å². The summed E-state index contributed by atoms with van der Waals surface area (Å²) in [5, 5.41) is 36.9. The topological polar surface area (TPSA) is 80.9 Å². The Morgan fingerprint density at radius 3 is 1.58 bits per heavy atom. The van der Waals surface area contributed by atoms with Gasteiger partial charge in [0.2, 0.25) is 0 Å². The molecule has 26 heavy (non-hydrogen) atoms. The Labute approximate surface area is 157 Å². The van der Waals surface area contributed by atoms with Crippen LogP contribution in [0.1, 0.15) is 75.6 Å². The number of benzene rings is 2. The molecule has 0 aliphatic rings. The molecule has 2 aromatic rings. The van der Waals surface area contributed by atoms with Gasteiger partial charge in [-0.25, -0.2) is 0 Å². The van der Waals surface area contributed by atoms with Crippen LogP contribution in [0.15, 0.2) is 24.3 Å². The normalized spacial score (nSPS) is 10.1. The van der Waals surface area contributed by atoms with Gasteiger partial charge in [-0.15, -0.1) is 0 Å². The second-order valence-corrected chi connectivity index (χ2v) is 6.65. The molecular formula is C22H34O4. The van der Waals surface area contributed by atoms with Gasteiger partial charge < -0.3 is 20.4 Å². The molecule has 0 saturated heterocycles. The minimum Gasteiger partial charge on any atom is -0.504 e. The van der Waals surface area contributed by atoms with Crippen molar-refractivity contribution in [1.29, 1.82) is 0 Å². The molecule has 4 nitrogen and oxygen atoms in total. The predicted octanol–water partition coefficient (Wildman–Crippen LogP) is 6.09. The molecule has 0 heterocycles. The Bertz CT molecular complexity index is 698. The highest BCUT2D eigenvalue weighted by atomic mass is 16.3. The van der Waals surface area contributed by atoms with Crippen LogP contribution in [0.4, 0.5) is 0 Å². The molecule has 0 atom stereocenters. The molecule has 0 spiro atoms. The van der Waals surface area contributed by atoms with Gasteiger partial charge in [0.15, 0.2) is 23.0 Å². The molecule has 4 heteroatoms. The average molecular weight is 363 g/mol. The summed E-state index contributed by atoms with van der Waals surface area (Å²) in [6.45, 7) is 16.0. The Balaban J connectivity index is 0.000000439. The molecule has 0 saturated carbocycles. The van der Waals surface area contributed by atoms with Crippen LogP contribution in [0, 0.1) is 13.8 Å². The van der Waals surface area contributed by atoms with Crippen molar-refractivity contribution in [2.75, 3.05) is 0 Å². The van der Waals surface area contributed by atoms with Crippen LogP contribution >= 0.6 is 0 Å². The third kappa shape index (κ3) is 6.17. The predicted molar refractivity (Wildman–Crippen MR) is 109 cm³/mol. The highest BCUT2D eigenvalue weighted by molar-refractivity contribution is 5.49. The van der Waals surface area contributed by atoms with Crippen molar-refractivity contribution in [2.45, 2.75) is 67.2 Å². The molecule has 4 N–H and O–H groups in total. The van der Waals surface area contributed by atoms with Gasteiger partial charge in [0.1, 0.15) is 0 Å². The molecule has 0 aliphatic carbocycles. The zero-order chi connectivity index (χ0) is 20.6. The number of rotatable bonds is 2. The lowest BCUT2D eigenvalue weighted by atomic mass is 9.97. The molecule has 2 aromatic carbocycles. The third-order valence-corrected chi connectivity index (χ3v) is 4.06. The van der Waals surface area contributed by atoms with Gasteiger partial charge in [-0.2, -0.15) is 0 Å². The zero-order valence-electron chi connectivity index (χ0n) is 17.3. The van der Waals surface area contributed by atoms with Crippen molar-refractivity contribution in [1.82, 2.24) is 0 Å². The van der Waals surface area contributed by atoms with Crippen LogP contribution in [0.2, 0.25) is 0 Å². The van der Waals surface area contributed by atoms with E-state index in [1.165, 1.54) is 6.07 Å². The van der Waals surface area contributed by atoms with Gasteiger partial charge in [-0.1, -0.05) is 47.6 Å². The van der Waals surface area contributed by atoms with E-state index in [0.717, 1.165) is 22.3 Å². The Morgan fingerprint density at radius 1 is 0.654 bits per heavy atom. The quantitative estimate of drug-likeness (QED) is 0.488. The van der Waals surface area contributed by atoms with Crippen LogP contribution < -0.4 is 0 Å². The highest BCUT2D eigenvalue weighted by Gasteiger charge is 2.10. The summed E-state index contributed by atoms with van der Waals surface area (Å²) in [5.74, 6) is 0.618. The van der Waals surface area contributed by atoms with Gasteiger partial charge in [-0.3, -0.25) is 0 Å². The van der Waals surface area contributed by atoms with Crippen LogP contribution in [0.25, 0.3) is 0 Å². The smallest absolute Gasteiger partial charge is 0.160 e. The van der Waals surface area contributed by atoms with E-state index in [1.807, 2.05) is 33.8 Å². The second kappa shape index (κ2) is 10.6. The minimum absolute atomic E-state index is 0.00111. The molecule has 146 valence electrons. The first kappa shape index (κ1) is 23.6. The van der Waals surface area contributed by atoms with E-state index in [9.17, 15) is 10.2 Å². The summed E-state index contributed by atoms with van der Waals surface area (Å²) in [7, 11) is 0. The molecule has 0 aliphatic heterocycles. The molecule has 0 bridgehead atoms.